The molecule has 0 bridgehead atoms. The number of aryl methyl sites for hydroxylation is 2. The van der Waals surface area contributed by atoms with Gasteiger partial charge < -0.3 is 14.8 Å². The zero-order valence-electron chi connectivity index (χ0n) is 17.1. The van der Waals surface area contributed by atoms with Crippen molar-refractivity contribution in [1.82, 2.24) is 14.8 Å². The lowest BCUT2D eigenvalue weighted by molar-refractivity contribution is 0.156. The van der Waals surface area contributed by atoms with Gasteiger partial charge >= 0.3 is 6.03 Å². The predicted molar refractivity (Wildman–Crippen MR) is 116 cm³/mol. The monoisotopic (exact) mass is 389 g/mol. The number of nitrogens with zero attached hydrogens (tertiary/aromatic N) is 2. The second kappa shape index (κ2) is 8.11. The SMILES string of the molecule is Cc1ccc(CN(Cc2cc3cc(C)ccc3[nH]c2=O)C(=O)N2CCCC2)cc1. The molecule has 0 spiro atoms. The van der Waals surface area contributed by atoms with E-state index in [0.717, 1.165) is 48.0 Å². The lowest BCUT2D eigenvalue weighted by atomic mass is 10.1. The van der Waals surface area contributed by atoms with Crippen molar-refractivity contribution in [3.05, 3.63) is 81.1 Å². The zero-order chi connectivity index (χ0) is 20.4. The van der Waals surface area contributed by atoms with Gasteiger partial charge in [-0.05, 0) is 55.8 Å². The second-order valence-corrected chi connectivity index (χ2v) is 8.03. The number of carbonyl (C=O) groups is 1. The van der Waals surface area contributed by atoms with E-state index in [1.807, 2.05) is 49.1 Å². The van der Waals surface area contributed by atoms with Crippen molar-refractivity contribution in [2.24, 2.45) is 0 Å². The Labute approximate surface area is 171 Å². The summed E-state index contributed by atoms with van der Waals surface area (Å²) in [5, 5.41) is 0.989. The van der Waals surface area contributed by atoms with E-state index in [9.17, 15) is 9.59 Å². The highest BCUT2D eigenvalue weighted by molar-refractivity contribution is 5.80. The number of urea groups is 1. The van der Waals surface area contributed by atoms with Crippen molar-refractivity contribution < 1.29 is 4.79 Å². The first kappa shape index (κ1) is 19.2. The fraction of sp³-hybridized carbons (Fsp3) is 0.333. The molecule has 5 heteroatoms. The van der Waals surface area contributed by atoms with Gasteiger partial charge in [0.1, 0.15) is 0 Å². The quantitative estimate of drug-likeness (QED) is 0.721. The van der Waals surface area contributed by atoms with Crippen LogP contribution in [0.15, 0.2) is 53.3 Å². The summed E-state index contributed by atoms with van der Waals surface area (Å²) >= 11 is 0. The third kappa shape index (κ3) is 4.34. The molecular weight excluding hydrogens is 362 g/mol. The summed E-state index contributed by atoms with van der Waals surface area (Å²) in [7, 11) is 0. The Bertz CT molecular complexity index is 1080. The van der Waals surface area contributed by atoms with Gasteiger partial charge in [-0.15, -0.1) is 0 Å². The van der Waals surface area contributed by atoms with Gasteiger partial charge in [-0.3, -0.25) is 4.79 Å². The van der Waals surface area contributed by atoms with Gasteiger partial charge in [-0.25, -0.2) is 4.79 Å². The number of H-pyrrole nitrogens is 1. The molecule has 1 aliphatic rings. The Morgan fingerprint density at radius 2 is 1.66 bits per heavy atom. The van der Waals surface area contributed by atoms with Crippen molar-refractivity contribution in [3.63, 3.8) is 0 Å². The van der Waals surface area contributed by atoms with E-state index in [1.165, 1.54) is 5.56 Å². The van der Waals surface area contributed by atoms with E-state index < -0.39 is 0 Å². The number of hydrogen-bond donors (Lipinski definition) is 1. The number of aromatic nitrogens is 1. The van der Waals surface area contributed by atoms with Gasteiger partial charge in [0.05, 0.1) is 6.54 Å². The maximum atomic E-state index is 13.2. The normalized spacial score (nSPS) is 13.8. The molecule has 4 rings (SSSR count). The largest absolute Gasteiger partial charge is 0.325 e. The summed E-state index contributed by atoms with van der Waals surface area (Å²) in [6, 6.07) is 16.1. The molecule has 1 aromatic heterocycles. The summed E-state index contributed by atoms with van der Waals surface area (Å²) in [6.45, 7) is 6.44. The molecular formula is C24H27N3O2. The molecule has 2 heterocycles. The average Bonchev–Trinajstić information content (AvgIpc) is 3.24. The maximum absolute atomic E-state index is 13.2. The first-order valence-electron chi connectivity index (χ1n) is 10.2. The number of nitrogens with one attached hydrogen (secondary N) is 1. The number of pyridine rings is 1. The van der Waals surface area contributed by atoms with Crippen LogP contribution in [-0.2, 0) is 13.1 Å². The Morgan fingerprint density at radius 3 is 2.38 bits per heavy atom. The molecule has 2 aromatic carbocycles. The Kier molecular flexibility index (Phi) is 5.38. The smallest absolute Gasteiger partial charge is 0.320 e. The molecule has 1 fully saturated rings. The topological polar surface area (TPSA) is 56.4 Å². The van der Waals surface area contributed by atoms with Crippen LogP contribution in [0.25, 0.3) is 10.9 Å². The number of amides is 2. The Balaban J connectivity index is 1.66. The summed E-state index contributed by atoms with van der Waals surface area (Å²) in [5.74, 6) is 0. The molecule has 3 aromatic rings. The Hall–Kier alpha value is -3.08. The molecule has 0 radical (unpaired) electrons. The molecule has 5 nitrogen and oxygen atoms in total. The lowest BCUT2D eigenvalue weighted by Crippen LogP contribution is -2.41. The van der Waals surface area contributed by atoms with Crippen molar-refractivity contribution in [2.75, 3.05) is 13.1 Å². The minimum absolute atomic E-state index is 0.00631. The number of likely N-dealkylation sites (tertiary alicyclic amines) is 1. The number of fused-ring (bicyclic) bond motifs is 1. The van der Waals surface area contributed by atoms with Gasteiger partial charge in [0, 0.05) is 30.7 Å². The highest BCUT2D eigenvalue weighted by atomic mass is 16.2. The standard InChI is InChI=1S/C24H27N3O2/c1-17-5-8-19(9-6-17)15-27(24(29)26-11-3-4-12-26)16-21-14-20-13-18(2)7-10-22(20)25-23(21)28/h5-10,13-14H,3-4,11-12,15-16H2,1-2H3,(H,25,28). The van der Waals surface area contributed by atoms with Crippen LogP contribution in [0.2, 0.25) is 0 Å². The first-order chi connectivity index (χ1) is 14.0. The summed E-state index contributed by atoms with van der Waals surface area (Å²) in [4.78, 5) is 32.5. The zero-order valence-corrected chi connectivity index (χ0v) is 17.1. The number of aromatic amines is 1. The minimum Gasteiger partial charge on any atom is -0.325 e. The van der Waals surface area contributed by atoms with Gasteiger partial charge in [-0.1, -0.05) is 41.5 Å². The second-order valence-electron chi connectivity index (χ2n) is 8.03. The van der Waals surface area contributed by atoms with E-state index in [-0.39, 0.29) is 11.6 Å². The number of rotatable bonds is 4. The van der Waals surface area contributed by atoms with Crippen LogP contribution in [0.1, 0.15) is 35.1 Å². The summed E-state index contributed by atoms with van der Waals surface area (Å²) < 4.78 is 0. The highest BCUT2D eigenvalue weighted by Crippen LogP contribution is 2.18. The van der Waals surface area contributed by atoms with Crippen LogP contribution in [0.4, 0.5) is 4.79 Å². The fourth-order valence-corrected chi connectivity index (χ4v) is 3.91. The van der Waals surface area contributed by atoms with Crippen LogP contribution in [-0.4, -0.2) is 33.9 Å². The first-order valence-corrected chi connectivity index (χ1v) is 10.2. The van der Waals surface area contributed by atoms with Crippen molar-refractivity contribution in [2.45, 2.75) is 39.8 Å². The molecule has 0 unspecified atom stereocenters. The molecule has 150 valence electrons. The van der Waals surface area contributed by atoms with Crippen molar-refractivity contribution in [3.8, 4) is 0 Å². The minimum atomic E-state index is -0.135. The molecule has 1 aliphatic heterocycles. The fourth-order valence-electron chi connectivity index (χ4n) is 3.91. The lowest BCUT2D eigenvalue weighted by Gasteiger charge is -2.28. The van der Waals surface area contributed by atoms with E-state index in [4.69, 9.17) is 0 Å². The number of benzene rings is 2. The van der Waals surface area contributed by atoms with Crippen molar-refractivity contribution in [1.29, 1.82) is 0 Å². The highest BCUT2D eigenvalue weighted by Gasteiger charge is 2.24. The summed E-state index contributed by atoms with van der Waals surface area (Å²) in [6.07, 6.45) is 2.08. The predicted octanol–water partition coefficient (Wildman–Crippen LogP) is 4.36. The number of hydrogen-bond acceptors (Lipinski definition) is 2. The molecule has 29 heavy (non-hydrogen) atoms. The van der Waals surface area contributed by atoms with E-state index in [2.05, 4.69) is 23.2 Å². The molecule has 0 aliphatic carbocycles. The van der Waals surface area contributed by atoms with Gasteiger partial charge in [-0.2, -0.15) is 0 Å². The molecule has 1 N–H and O–H groups in total. The van der Waals surface area contributed by atoms with Crippen LogP contribution in [0.5, 0.6) is 0 Å². The van der Waals surface area contributed by atoms with Gasteiger partial charge in [0.15, 0.2) is 0 Å². The molecule has 0 saturated carbocycles. The van der Waals surface area contributed by atoms with Crippen LogP contribution >= 0.6 is 0 Å². The van der Waals surface area contributed by atoms with Crippen LogP contribution in [0.3, 0.4) is 0 Å². The maximum Gasteiger partial charge on any atom is 0.320 e. The van der Waals surface area contributed by atoms with Crippen LogP contribution in [0, 0.1) is 13.8 Å². The van der Waals surface area contributed by atoms with E-state index in [1.54, 1.807) is 4.90 Å². The third-order valence-corrected chi connectivity index (χ3v) is 5.58. The average molecular weight is 389 g/mol. The van der Waals surface area contributed by atoms with E-state index >= 15 is 0 Å². The van der Waals surface area contributed by atoms with Crippen LogP contribution < -0.4 is 5.56 Å². The Morgan fingerprint density at radius 1 is 0.966 bits per heavy atom. The number of carbonyl (C=O) groups excluding carboxylic acids is 1. The molecule has 1 saturated heterocycles. The van der Waals surface area contributed by atoms with E-state index in [0.29, 0.717) is 18.7 Å². The van der Waals surface area contributed by atoms with Crippen molar-refractivity contribution >= 4 is 16.9 Å². The molecule has 0 atom stereocenters. The van der Waals surface area contributed by atoms with Gasteiger partial charge in [0.25, 0.3) is 5.56 Å². The third-order valence-electron chi connectivity index (χ3n) is 5.58. The molecule has 2 amide bonds. The summed E-state index contributed by atoms with van der Waals surface area (Å²) in [5.41, 5.74) is 4.69. The van der Waals surface area contributed by atoms with Gasteiger partial charge in [0.2, 0.25) is 0 Å².